The molecule has 76 valence electrons. The summed E-state index contributed by atoms with van der Waals surface area (Å²) in [4.78, 5) is 16.9. The Morgan fingerprint density at radius 3 is 3.00 bits per heavy atom. The summed E-state index contributed by atoms with van der Waals surface area (Å²) in [5.74, 6) is -0.401. The predicted molar refractivity (Wildman–Crippen MR) is 54.8 cm³/mol. The first-order valence-electron chi connectivity index (χ1n) is 4.54. The lowest BCUT2D eigenvalue weighted by Crippen LogP contribution is -2.47. The normalized spacial score (nSPS) is 16.8. The molecule has 0 bridgehead atoms. The van der Waals surface area contributed by atoms with Gasteiger partial charge in [0.15, 0.2) is 5.13 Å². The molecule has 0 spiro atoms. The van der Waals surface area contributed by atoms with E-state index in [1.54, 1.807) is 11.3 Å². The van der Waals surface area contributed by atoms with Gasteiger partial charge in [0.2, 0.25) is 0 Å². The molecular formula is C9H12N2O2S. The van der Waals surface area contributed by atoms with Crippen LogP contribution in [0.3, 0.4) is 0 Å². The summed E-state index contributed by atoms with van der Waals surface area (Å²) in [6.45, 7) is 3.63. The maximum absolute atomic E-state index is 10.4. The highest BCUT2D eigenvalue weighted by Gasteiger charge is 2.30. The maximum Gasteiger partial charge on any atom is 0.303 e. The number of carboxylic acids is 1. The number of carbonyl (C=O) groups is 1. The van der Waals surface area contributed by atoms with Gasteiger partial charge < -0.3 is 10.0 Å². The van der Waals surface area contributed by atoms with Crippen molar-refractivity contribution < 1.29 is 9.90 Å². The van der Waals surface area contributed by atoms with Gasteiger partial charge >= 0.3 is 5.97 Å². The molecular weight excluding hydrogens is 200 g/mol. The highest BCUT2D eigenvalue weighted by atomic mass is 32.1. The van der Waals surface area contributed by atoms with Crippen molar-refractivity contribution in [2.24, 2.45) is 5.92 Å². The molecule has 0 radical (unpaired) electrons. The molecule has 1 aliphatic heterocycles. The second kappa shape index (κ2) is 3.57. The third-order valence-corrected chi connectivity index (χ3v) is 3.32. The lowest BCUT2D eigenvalue weighted by atomic mass is 9.97. The SMILES string of the molecule is Cc1csc(N2CC(CC(=O)O)C2)n1. The average molecular weight is 212 g/mol. The van der Waals surface area contributed by atoms with Crippen LogP contribution in [0.2, 0.25) is 0 Å². The number of carboxylic acid groups (broad SMARTS) is 1. The van der Waals surface area contributed by atoms with Crippen LogP contribution in [0.25, 0.3) is 0 Å². The summed E-state index contributed by atoms with van der Waals surface area (Å²) < 4.78 is 0. The predicted octanol–water partition coefficient (Wildman–Crippen LogP) is 1.36. The lowest BCUT2D eigenvalue weighted by Gasteiger charge is -2.38. The highest BCUT2D eigenvalue weighted by Crippen LogP contribution is 2.28. The third kappa shape index (κ3) is 1.87. The number of rotatable bonds is 3. The zero-order valence-corrected chi connectivity index (χ0v) is 8.75. The van der Waals surface area contributed by atoms with Crippen molar-refractivity contribution in [1.82, 2.24) is 4.98 Å². The van der Waals surface area contributed by atoms with Gasteiger partial charge in [-0.2, -0.15) is 0 Å². The number of aliphatic carboxylic acids is 1. The summed E-state index contributed by atoms with van der Waals surface area (Å²) in [6.07, 6.45) is 0.279. The molecule has 4 nitrogen and oxygen atoms in total. The summed E-state index contributed by atoms with van der Waals surface area (Å²) in [5, 5.41) is 11.6. The molecule has 2 heterocycles. The van der Waals surface area contributed by atoms with E-state index in [1.807, 2.05) is 12.3 Å². The van der Waals surface area contributed by atoms with Gasteiger partial charge in [0, 0.05) is 24.4 Å². The Morgan fingerprint density at radius 1 is 1.79 bits per heavy atom. The molecule has 0 saturated carbocycles. The van der Waals surface area contributed by atoms with Crippen molar-refractivity contribution in [3.63, 3.8) is 0 Å². The van der Waals surface area contributed by atoms with Crippen LogP contribution in [0, 0.1) is 12.8 Å². The Balaban J connectivity index is 1.86. The molecule has 0 atom stereocenters. The molecule has 0 aromatic carbocycles. The van der Waals surface area contributed by atoms with Crippen LogP contribution in [-0.2, 0) is 4.79 Å². The second-order valence-corrected chi connectivity index (χ2v) is 4.48. The number of thiazole rings is 1. The van der Waals surface area contributed by atoms with E-state index < -0.39 is 5.97 Å². The zero-order valence-electron chi connectivity index (χ0n) is 7.93. The fraction of sp³-hybridized carbons (Fsp3) is 0.556. The van der Waals surface area contributed by atoms with Crippen LogP contribution < -0.4 is 4.90 Å². The monoisotopic (exact) mass is 212 g/mol. The van der Waals surface area contributed by atoms with Crippen molar-refractivity contribution >= 4 is 22.4 Å². The van der Waals surface area contributed by atoms with Crippen molar-refractivity contribution in [2.75, 3.05) is 18.0 Å². The Hall–Kier alpha value is -1.10. The molecule has 1 aromatic rings. The number of aryl methyl sites for hydroxylation is 1. The smallest absolute Gasteiger partial charge is 0.303 e. The van der Waals surface area contributed by atoms with Crippen LogP contribution >= 0.6 is 11.3 Å². The molecule has 5 heteroatoms. The Bertz CT molecular complexity index is 344. The second-order valence-electron chi connectivity index (χ2n) is 3.64. The molecule has 1 saturated heterocycles. The summed E-state index contributed by atoms with van der Waals surface area (Å²) in [6, 6.07) is 0. The summed E-state index contributed by atoms with van der Waals surface area (Å²) >= 11 is 1.62. The Morgan fingerprint density at radius 2 is 2.50 bits per heavy atom. The summed E-state index contributed by atoms with van der Waals surface area (Å²) in [5.41, 5.74) is 1.03. The van der Waals surface area contributed by atoms with Crippen molar-refractivity contribution in [3.8, 4) is 0 Å². The van der Waals surface area contributed by atoms with E-state index in [1.165, 1.54) is 0 Å². The lowest BCUT2D eigenvalue weighted by molar-refractivity contribution is -0.138. The van der Waals surface area contributed by atoms with Crippen LogP contribution in [0.1, 0.15) is 12.1 Å². The van der Waals surface area contributed by atoms with Gasteiger partial charge in [-0.3, -0.25) is 4.79 Å². The van der Waals surface area contributed by atoms with Crippen LogP contribution in [0.15, 0.2) is 5.38 Å². The zero-order chi connectivity index (χ0) is 10.1. The maximum atomic E-state index is 10.4. The fourth-order valence-electron chi connectivity index (χ4n) is 1.59. The van der Waals surface area contributed by atoms with Crippen molar-refractivity contribution in [2.45, 2.75) is 13.3 Å². The average Bonchev–Trinajstić information content (AvgIpc) is 2.42. The molecule has 0 aliphatic carbocycles. The Labute approximate surface area is 86.2 Å². The first kappa shape index (κ1) is 9.45. The van der Waals surface area contributed by atoms with E-state index in [4.69, 9.17) is 5.11 Å². The van der Waals surface area contributed by atoms with E-state index in [9.17, 15) is 4.79 Å². The van der Waals surface area contributed by atoms with E-state index >= 15 is 0 Å². The minimum absolute atomic E-state index is 0.279. The minimum atomic E-state index is -0.704. The number of hydrogen-bond acceptors (Lipinski definition) is 4. The molecule has 1 aromatic heterocycles. The van der Waals surface area contributed by atoms with Gasteiger partial charge in [-0.1, -0.05) is 0 Å². The number of nitrogens with zero attached hydrogens (tertiary/aromatic N) is 2. The van der Waals surface area contributed by atoms with Gasteiger partial charge in [-0.25, -0.2) is 4.98 Å². The van der Waals surface area contributed by atoms with Crippen LogP contribution in [0.4, 0.5) is 5.13 Å². The first-order chi connectivity index (χ1) is 6.65. The largest absolute Gasteiger partial charge is 0.481 e. The van der Waals surface area contributed by atoms with E-state index in [2.05, 4.69) is 9.88 Å². The third-order valence-electron chi connectivity index (χ3n) is 2.30. The van der Waals surface area contributed by atoms with E-state index in [0.29, 0.717) is 5.92 Å². The number of aromatic nitrogens is 1. The number of hydrogen-bond donors (Lipinski definition) is 1. The van der Waals surface area contributed by atoms with Crippen molar-refractivity contribution in [3.05, 3.63) is 11.1 Å². The topological polar surface area (TPSA) is 53.4 Å². The quantitative estimate of drug-likeness (QED) is 0.822. The van der Waals surface area contributed by atoms with E-state index in [0.717, 1.165) is 23.9 Å². The molecule has 0 unspecified atom stereocenters. The molecule has 1 fully saturated rings. The fourth-order valence-corrected chi connectivity index (χ4v) is 2.41. The molecule has 1 aliphatic rings. The molecule has 14 heavy (non-hydrogen) atoms. The molecule has 0 amide bonds. The first-order valence-corrected chi connectivity index (χ1v) is 5.42. The van der Waals surface area contributed by atoms with Gasteiger partial charge in [0.1, 0.15) is 0 Å². The van der Waals surface area contributed by atoms with Crippen LogP contribution in [-0.4, -0.2) is 29.1 Å². The molecule has 2 rings (SSSR count). The highest BCUT2D eigenvalue weighted by molar-refractivity contribution is 7.13. The van der Waals surface area contributed by atoms with Gasteiger partial charge in [-0.15, -0.1) is 11.3 Å². The number of anilines is 1. The summed E-state index contributed by atoms with van der Waals surface area (Å²) in [7, 11) is 0. The van der Waals surface area contributed by atoms with Gasteiger partial charge in [0.25, 0.3) is 0 Å². The van der Waals surface area contributed by atoms with Gasteiger partial charge in [-0.05, 0) is 6.92 Å². The molecule has 1 N–H and O–H groups in total. The van der Waals surface area contributed by atoms with E-state index in [-0.39, 0.29) is 6.42 Å². The van der Waals surface area contributed by atoms with Crippen LogP contribution in [0.5, 0.6) is 0 Å². The minimum Gasteiger partial charge on any atom is -0.481 e. The van der Waals surface area contributed by atoms with Crippen molar-refractivity contribution in [1.29, 1.82) is 0 Å². The standard InChI is InChI=1S/C9H12N2O2S/c1-6-5-14-9(10-6)11-3-7(4-11)2-8(12)13/h5,7H,2-4H2,1H3,(H,12,13). The van der Waals surface area contributed by atoms with Gasteiger partial charge in [0.05, 0.1) is 12.1 Å². The Kier molecular flexibility index (Phi) is 2.41.